The summed E-state index contributed by atoms with van der Waals surface area (Å²) >= 11 is 0. The van der Waals surface area contributed by atoms with Gasteiger partial charge in [-0.2, -0.15) is 26.3 Å². The number of hydrogen-bond donors (Lipinski definition) is 0. The van der Waals surface area contributed by atoms with Gasteiger partial charge in [0.05, 0.1) is 11.7 Å². The Kier molecular flexibility index (Phi) is 11.7. The first-order valence-electron chi connectivity index (χ1n) is 13.5. The maximum Gasteiger partial charge on any atom is 0.426 e. The standard InChI is InChI=1S/C26H44F6O3/c1-4-6-14-21(5-2)34-23(3,19-20-12-8-7-9-13-20)16-17-24(25(27,28)29,26(30,31)32)35-22-15-10-11-18-33-22/h20-22H,4-19H2,1-3H3. The first-order valence-corrected chi connectivity index (χ1v) is 13.5. The van der Waals surface area contributed by atoms with E-state index in [1.165, 1.54) is 0 Å². The zero-order valence-electron chi connectivity index (χ0n) is 21.5. The minimum absolute atomic E-state index is 0.0126. The number of alkyl halides is 6. The zero-order chi connectivity index (χ0) is 26.2. The molecule has 0 spiro atoms. The highest BCUT2D eigenvalue weighted by molar-refractivity contribution is 4.99. The number of hydrogen-bond acceptors (Lipinski definition) is 3. The molecule has 35 heavy (non-hydrogen) atoms. The molecule has 2 aliphatic rings. The van der Waals surface area contributed by atoms with Gasteiger partial charge in [-0.15, -0.1) is 0 Å². The van der Waals surface area contributed by atoms with Gasteiger partial charge in [-0.1, -0.05) is 58.8 Å². The second kappa shape index (κ2) is 13.3. The van der Waals surface area contributed by atoms with Crippen LogP contribution >= 0.6 is 0 Å². The Morgan fingerprint density at radius 1 is 0.857 bits per heavy atom. The second-order valence-electron chi connectivity index (χ2n) is 10.7. The van der Waals surface area contributed by atoms with E-state index < -0.39 is 42.7 Å². The molecule has 0 aromatic rings. The third-order valence-corrected chi connectivity index (χ3v) is 7.62. The summed E-state index contributed by atoms with van der Waals surface area (Å²) in [7, 11) is 0. The Hall–Kier alpha value is -0.540. The summed E-state index contributed by atoms with van der Waals surface area (Å²) < 4.78 is 102. The Labute approximate surface area is 206 Å². The quantitative estimate of drug-likeness (QED) is 0.228. The van der Waals surface area contributed by atoms with Crippen molar-refractivity contribution in [2.75, 3.05) is 6.61 Å². The molecule has 0 N–H and O–H groups in total. The second-order valence-corrected chi connectivity index (χ2v) is 10.7. The summed E-state index contributed by atoms with van der Waals surface area (Å²) in [6.45, 7) is 5.78. The normalized spacial score (nSPS) is 23.7. The number of rotatable bonds is 13. The third kappa shape index (κ3) is 8.77. The first kappa shape index (κ1) is 30.7. The Bertz CT molecular complexity index is 583. The third-order valence-electron chi connectivity index (χ3n) is 7.62. The Morgan fingerprint density at radius 3 is 2.00 bits per heavy atom. The van der Waals surface area contributed by atoms with Gasteiger partial charge in [0.1, 0.15) is 0 Å². The van der Waals surface area contributed by atoms with Crippen molar-refractivity contribution >= 4 is 0 Å². The average molecular weight is 519 g/mol. The van der Waals surface area contributed by atoms with Gasteiger partial charge in [0.2, 0.25) is 0 Å². The van der Waals surface area contributed by atoms with Gasteiger partial charge < -0.3 is 14.2 Å². The van der Waals surface area contributed by atoms with Crippen molar-refractivity contribution in [2.24, 2.45) is 5.92 Å². The van der Waals surface area contributed by atoms with E-state index in [1.807, 2.05) is 13.8 Å². The number of unbranched alkanes of at least 4 members (excludes halogenated alkanes) is 1. The maximum atomic E-state index is 14.2. The largest absolute Gasteiger partial charge is 0.426 e. The van der Waals surface area contributed by atoms with Crippen LogP contribution in [-0.2, 0) is 14.2 Å². The minimum atomic E-state index is -5.63. The van der Waals surface area contributed by atoms with Crippen molar-refractivity contribution in [2.45, 2.75) is 153 Å². The van der Waals surface area contributed by atoms with Crippen LogP contribution in [0.15, 0.2) is 0 Å². The Morgan fingerprint density at radius 2 is 1.49 bits per heavy atom. The molecule has 1 saturated carbocycles. The zero-order valence-corrected chi connectivity index (χ0v) is 21.5. The molecule has 1 aliphatic carbocycles. The van der Waals surface area contributed by atoms with Crippen LogP contribution in [0.4, 0.5) is 26.3 Å². The lowest BCUT2D eigenvalue weighted by molar-refractivity contribution is -0.414. The van der Waals surface area contributed by atoms with Gasteiger partial charge in [0, 0.05) is 6.61 Å². The molecule has 2 rings (SSSR count). The molecule has 1 saturated heterocycles. The smallest absolute Gasteiger partial charge is 0.372 e. The predicted molar refractivity (Wildman–Crippen MR) is 123 cm³/mol. The van der Waals surface area contributed by atoms with Crippen molar-refractivity contribution in [3.05, 3.63) is 0 Å². The van der Waals surface area contributed by atoms with Gasteiger partial charge in [-0.3, -0.25) is 0 Å². The lowest BCUT2D eigenvalue weighted by atomic mass is 9.78. The van der Waals surface area contributed by atoms with Gasteiger partial charge >= 0.3 is 12.4 Å². The van der Waals surface area contributed by atoms with E-state index in [0.29, 0.717) is 25.7 Å². The summed E-state index contributed by atoms with van der Waals surface area (Å²) in [6, 6.07) is 0. The molecular formula is C26H44F6O3. The highest BCUT2D eigenvalue weighted by atomic mass is 19.4. The van der Waals surface area contributed by atoms with E-state index in [1.54, 1.807) is 6.92 Å². The van der Waals surface area contributed by atoms with Gasteiger partial charge in [0.15, 0.2) is 6.29 Å². The van der Waals surface area contributed by atoms with Crippen LogP contribution in [-0.4, -0.2) is 42.6 Å². The molecule has 2 fully saturated rings. The molecular weight excluding hydrogens is 474 g/mol. The molecule has 0 aromatic carbocycles. The van der Waals surface area contributed by atoms with E-state index in [0.717, 1.165) is 51.4 Å². The van der Waals surface area contributed by atoms with Gasteiger partial charge in [-0.25, -0.2) is 0 Å². The lowest BCUT2D eigenvalue weighted by Gasteiger charge is -2.43. The van der Waals surface area contributed by atoms with E-state index >= 15 is 0 Å². The summed E-state index contributed by atoms with van der Waals surface area (Å²) in [5, 5.41) is 0. The van der Waals surface area contributed by atoms with Gasteiger partial charge in [0.25, 0.3) is 5.60 Å². The van der Waals surface area contributed by atoms with Crippen molar-refractivity contribution in [1.82, 2.24) is 0 Å². The SMILES string of the molecule is CCCCC(CC)OC(C)(CCC(OC1CCCCO1)(C(F)(F)F)C(F)(F)F)CC1CCCCC1. The van der Waals surface area contributed by atoms with Gasteiger partial charge in [-0.05, 0) is 64.2 Å². The fourth-order valence-electron chi connectivity index (χ4n) is 5.50. The summed E-state index contributed by atoms with van der Waals surface area (Å²) in [5.41, 5.74) is -5.39. The van der Waals surface area contributed by atoms with Crippen LogP contribution in [0.3, 0.4) is 0 Å². The molecule has 0 aromatic heterocycles. The van der Waals surface area contributed by atoms with Crippen LogP contribution in [0, 0.1) is 5.92 Å². The lowest BCUT2D eigenvalue weighted by Crippen LogP contribution is -2.61. The van der Waals surface area contributed by atoms with E-state index in [-0.39, 0.29) is 25.0 Å². The summed E-state index contributed by atoms with van der Waals surface area (Å²) in [4.78, 5) is 0. The molecule has 1 aliphatic heterocycles. The van der Waals surface area contributed by atoms with Crippen LogP contribution in [0.1, 0.15) is 117 Å². The van der Waals surface area contributed by atoms with Crippen molar-refractivity contribution in [3.8, 4) is 0 Å². The summed E-state index contributed by atoms with van der Waals surface area (Å²) in [5.74, 6) is 0.242. The molecule has 3 nitrogen and oxygen atoms in total. The molecule has 0 amide bonds. The fourth-order valence-corrected chi connectivity index (χ4v) is 5.50. The molecule has 1 heterocycles. The van der Waals surface area contributed by atoms with Crippen LogP contribution < -0.4 is 0 Å². The van der Waals surface area contributed by atoms with Crippen molar-refractivity contribution < 1.29 is 40.6 Å². The topological polar surface area (TPSA) is 27.7 Å². The van der Waals surface area contributed by atoms with E-state index in [9.17, 15) is 26.3 Å². The monoisotopic (exact) mass is 518 g/mol. The Balaban J connectivity index is 2.31. The van der Waals surface area contributed by atoms with Crippen molar-refractivity contribution in [3.63, 3.8) is 0 Å². The average Bonchev–Trinajstić information content (AvgIpc) is 2.79. The number of halogens is 6. The first-order chi connectivity index (χ1) is 16.4. The minimum Gasteiger partial charge on any atom is -0.372 e. The molecule has 0 bridgehead atoms. The van der Waals surface area contributed by atoms with Crippen molar-refractivity contribution in [1.29, 1.82) is 0 Å². The molecule has 3 unspecified atom stereocenters. The molecule has 208 valence electrons. The highest BCUT2D eigenvalue weighted by Crippen LogP contribution is 2.51. The van der Waals surface area contributed by atoms with Crippen LogP contribution in [0.2, 0.25) is 0 Å². The highest BCUT2D eigenvalue weighted by Gasteiger charge is 2.73. The van der Waals surface area contributed by atoms with Crippen LogP contribution in [0.5, 0.6) is 0 Å². The van der Waals surface area contributed by atoms with E-state index in [4.69, 9.17) is 14.2 Å². The fraction of sp³-hybridized carbons (Fsp3) is 1.00. The molecule has 0 radical (unpaired) electrons. The van der Waals surface area contributed by atoms with Crippen LogP contribution in [0.25, 0.3) is 0 Å². The predicted octanol–water partition coefficient (Wildman–Crippen LogP) is 8.89. The number of ether oxygens (including phenoxy) is 3. The van der Waals surface area contributed by atoms with E-state index in [2.05, 4.69) is 0 Å². The summed E-state index contributed by atoms with van der Waals surface area (Å²) in [6.07, 6.45) is -4.81. The molecule has 3 atom stereocenters. The molecule has 9 heteroatoms. The maximum absolute atomic E-state index is 14.2.